The number of hydrogen-bond donors (Lipinski definition) is 0. The standard InChI is InChI=1S/C20H22ClN5O5S/c1-13-22-18(11-25(13)2)32(28,29)26-9-7-15(8-10-26)20(27)30-12-17-23-24-19(31-17)14-3-5-16(21)6-4-14/h3-6,11,15H,7-10,12H2,1-2H3. The highest BCUT2D eigenvalue weighted by Crippen LogP contribution is 2.25. The molecule has 0 atom stereocenters. The van der Waals surface area contributed by atoms with Gasteiger partial charge < -0.3 is 13.7 Å². The van der Waals surface area contributed by atoms with Gasteiger partial charge in [0.05, 0.1) is 5.92 Å². The summed E-state index contributed by atoms with van der Waals surface area (Å²) in [6.45, 7) is 2.03. The highest BCUT2D eigenvalue weighted by molar-refractivity contribution is 7.89. The predicted molar refractivity (Wildman–Crippen MR) is 114 cm³/mol. The maximum Gasteiger partial charge on any atom is 0.309 e. The number of aryl methyl sites for hydroxylation is 2. The number of imidazole rings is 1. The van der Waals surface area contributed by atoms with Gasteiger partial charge in [0, 0.05) is 36.9 Å². The van der Waals surface area contributed by atoms with E-state index in [1.165, 1.54) is 10.5 Å². The van der Waals surface area contributed by atoms with Gasteiger partial charge in [-0.15, -0.1) is 10.2 Å². The van der Waals surface area contributed by atoms with E-state index in [1.807, 2.05) is 0 Å². The van der Waals surface area contributed by atoms with Crippen LogP contribution in [0.1, 0.15) is 24.6 Å². The quantitative estimate of drug-likeness (QED) is 0.494. The third-order valence-corrected chi connectivity index (χ3v) is 7.40. The molecule has 12 heteroatoms. The summed E-state index contributed by atoms with van der Waals surface area (Å²) in [6, 6.07) is 6.92. The molecule has 0 aliphatic carbocycles. The summed E-state index contributed by atoms with van der Waals surface area (Å²) in [7, 11) is -1.95. The van der Waals surface area contributed by atoms with Crippen molar-refractivity contribution < 1.29 is 22.4 Å². The van der Waals surface area contributed by atoms with Crippen LogP contribution in [0.3, 0.4) is 0 Å². The van der Waals surface area contributed by atoms with Gasteiger partial charge in [-0.25, -0.2) is 13.4 Å². The number of nitrogens with zero attached hydrogens (tertiary/aromatic N) is 5. The first-order chi connectivity index (χ1) is 15.2. The van der Waals surface area contributed by atoms with Crippen LogP contribution in [0, 0.1) is 12.8 Å². The molecule has 1 aliphatic rings. The lowest BCUT2D eigenvalue weighted by Gasteiger charge is -2.29. The average molecular weight is 480 g/mol. The van der Waals surface area contributed by atoms with Crippen LogP contribution < -0.4 is 0 Å². The van der Waals surface area contributed by atoms with Crippen molar-refractivity contribution in [3.8, 4) is 11.5 Å². The monoisotopic (exact) mass is 479 g/mol. The Bertz CT molecular complexity index is 1190. The van der Waals surface area contributed by atoms with E-state index in [2.05, 4.69) is 15.2 Å². The predicted octanol–water partition coefficient (Wildman–Crippen LogP) is 2.58. The molecule has 3 heterocycles. The third kappa shape index (κ3) is 4.69. The average Bonchev–Trinajstić information content (AvgIpc) is 3.39. The molecule has 1 saturated heterocycles. The van der Waals surface area contributed by atoms with Gasteiger partial charge in [0.25, 0.3) is 15.9 Å². The molecule has 0 amide bonds. The molecule has 2 aromatic heterocycles. The Kier molecular flexibility index (Phi) is 6.31. The van der Waals surface area contributed by atoms with Crippen molar-refractivity contribution in [2.45, 2.75) is 31.4 Å². The van der Waals surface area contributed by atoms with E-state index >= 15 is 0 Å². The lowest BCUT2D eigenvalue weighted by Crippen LogP contribution is -2.40. The van der Waals surface area contributed by atoms with Gasteiger partial charge in [-0.3, -0.25) is 4.79 Å². The zero-order chi connectivity index (χ0) is 22.9. The molecule has 0 bridgehead atoms. The second kappa shape index (κ2) is 9.00. The third-order valence-electron chi connectivity index (χ3n) is 5.37. The number of piperidine rings is 1. The maximum absolute atomic E-state index is 12.8. The van der Waals surface area contributed by atoms with Crippen LogP contribution in [0.4, 0.5) is 0 Å². The molecule has 170 valence electrons. The number of carbonyl (C=O) groups excluding carboxylic acids is 1. The van der Waals surface area contributed by atoms with E-state index in [-0.39, 0.29) is 30.6 Å². The van der Waals surface area contributed by atoms with E-state index in [1.54, 1.807) is 42.8 Å². The highest BCUT2D eigenvalue weighted by atomic mass is 35.5. The fraction of sp³-hybridized carbons (Fsp3) is 0.400. The second-order valence-electron chi connectivity index (χ2n) is 7.53. The van der Waals surface area contributed by atoms with Gasteiger partial charge in [0.2, 0.25) is 5.89 Å². The van der Waals surface area contributed by atoms with Crippen molar-refractivity contribution >= 4 is 27.6 Å². The number of sulfonamides is 1. The molecular weight excluding hydrogens is 458 g/mol. The van der Waals surface area contributed by atoms with Crippen molar-refractivity contribution in [2.75, 3.05) is 13.1 Å². The molecule has 4 rings (SSSR count). The molecule has 3 aromatic rings. The van der Waals surface area contributed by atoms with Crippen molar-refractivity contribution in [2.24, 2.45) is 13.0 Å². The molecule has 1 fully saturated rings. The van der Waals surface area contributed by atoms with Crippen LogP contribution in [0.15, 0.2) is 39.9 Å². The zero-order valence-electron chi connectivity index (χ0n) is 17.6. The molecule has 10 nitrogen and oxygen atoms in total. The van der Waals surface area contributed by atoms with Crippen LogP contribution in [-0.2, 0) is 33.2 Å². The summed E-state index contributed by atoms with van der Waals surface area (Å²) in [5, 5.41) is 8.46. The van der Waals surface area contributed by atoms with E-state index < -0.39 is 21.9 Å². The van der Waals surface area contributed by atoms with E-state index in [9.17, 15) is 13.2 Å². The number of benzene rings is 1. The summed E-state index contributed by atoms with van der Waals surface area (Å²) in [5.41, 5.74) is 0.705. The number of hydrogen-bond acceptors (Lipinski definition) is 8. The minimum Gasteiger partial charge on any atom is -0.455 e. The molecule has 0 radical (unpaired) electrons. The van der Waals surface area contributed by atoms with Gasteiger partial charge in [-0.05, 0) is 44.0 Å². The number of halogens is 1. The van der Waals surface area contributed by atoms with Crippen molar-refractivity contribution in [3.63, 3.8) is 0 Å². The largest absolute Gasteiger partial charge is 0.455 e. The van der Waals surface area contributed by atoms with E-state index in [4.69, 9.17) is 20.8 Å². The van der Waals surface area contributed by atoms with Crippen molar-refractivity contribution in [3.05, 3.63) is 47.2 Å². The van der Waals surface area contributed by atoms with Gasteiger partial charge in [0.1, 0.15) is 5.82 Å². The summed E-state index contributed by atoms with van der Waals surface area (Å²) < 4.78 is 39.4. The Hall–Kier alpha value is -2.76. The maximum atomic E-state index is 12.8. The van der Waals surface area contributed by atoms with Crippen LogP contribution in [0.25, 0.3) is 11.5 Å². The number of rotatable bonds is 6. The highest BCUT2D eigenvalue weighted by Gasteiger charge is 2.34. The SMILES string of the molecule is Cc1nc(S(=O)(=O)N2CCC(C(=O)OCc3nnc(-c4ccc(Cl)cc4)o3)CC2)cn1C. The molecule has 0 N–H and O–H groups in total. The van der Waals surface area contributed by atoms with Crippen LogP contribution in [0.2, 0.25) is 5.02 Å². The first-order valence-electron chi connectivity index (χ1n) is 9.99. The van der Waals surface area contributed by atoms with Crippen LogP contribution in [0.5, 0.6) is 0 Å². The number of aromatic nitrogens is 4. The van der Waals surface area contributed by atoms with Gasteiger partial charge in [-0.1, -0.05) is 11.6 Å². The minimum atomic E-state index is -3.69. The number of esters is 1. The Labute approximate surface area is 190 Å². The summed E-state index contributed by atoms with van der Waals surface area (Å²) in [6.07, 6.45) is 2.22. The summed E-state index contributed by atoms with van der Waals surface area (Å²) in [4.78, 5) is 16.6. The number of ether oxygens (including phenoxy) is 1. The topological polar surface area (TPSA) is 120 Å². The molecule has 1 aliphatic heterocycles. The Morgan fingerprint density at radius 1 is 1.22 bits per heavy atom. The Morgan fingerprint density at radius 2 is 1.91 bits per heavy atom. The molecule has 1 aromatic carbocycles. The molecule has 0 saturated carbocycles. The fourth-order valence-electron chi connectivity index (χ4n) is 3.39. The van der Waals surface area contributed by atoms with Crippen molar-refractivity contribution in [1.29, 1.82) is 0 Å². The number of carbonyl (C=O) groups is 1. The van der Waals surface area contributed by atoms with E-state index in [0.29, 0.717) is 35.1 Å². The summed E-state index contributed by atoms with van der Waals surface area (Å²) in [5.74, 6) is 0.277. The molecule has 0 unspecified atom stereocenters. The molecular formula is C20H22ClN5O5S. The molecule has 32 heavy (non-hydrogen) atoms. The Morgan fingerprint density at radius 3 is 2.53 bits per heavy atom. The zero-order valence-corrected chi connectivity index (χ0v) is 19.1. The van der Waals surface area contributed by atoms with Gasteiger partial charge in [0.15, 0.2) is 11.6 Å². The van der Waals surface area contributed by atoms with Gasteiger partial charge in [-0.2, -0.15) is 4.31 Å². The molecule has 0 spiro atoms. The minimum absolute atomic E-state index is 0.0198. The fourth-order valence-corrected chi connectivity index (χ4v) is 5.01. The lowest BCUT2D eigenvalue weighted by atomic mass is 9.98. The first-order valence-corrected chi connectivity index (χ1v) is 11.8. The Balaban J connectivity index is 1.30. The van der Waals surface area contributed by atoms with Crippen molar-refractivity contribution in [1.82, 2.24) is 24.1 Å². The first kappa shape index (κ1) is 22.4. The normalized spacial score (nSPS) is 15.7. The van der Waals surface area contributed by atoms with E-state index in [0.717, 1.165) is 0 Å². The lowest BCUT2D eigenvalue weighted by molar-refractivity contribution is -0.151. The smallest absolute Gasteiger partial charge is 0.309 e. The van der Waals surface area contributed by atoms with Crippen LogP contribution in [-0.4, -0.2) is 51.5 Å². The van der Waals surface area contributed by atoms with Gasteiger partial charge >= 0.3 is 5.97 Å². The second-order valence-corrected chi connectivity index (χ2v) is 9.85. The summed E-state index contributed by atoms with van der Waals surface area (Å²) >= 11 is 5.87. The van der Waals surface area contributed by atoms with Crippen LogP contribution >= 0.6 is 11.6 Å².